The van der Waals surface area contributed by atoms with Crippen LogP contribution in [0.1, 0.15) is 73.6 Å². The van der Waals surface area contributed by atoms with Crippen molar-refractivity contribution in [1.82, 2.24) is 0 Å². The monoisotopic (exact) mass is 456 g/mol. The van der Waals surface area contributed by atoms with E-state index in [-0.39, 0.29) is 64.4 Å². The topological polar surface area (TPSA) is 80.7 Å². The van der Waals surface area contributed by atoms with Crippen LogP contribution in [0.25, 0.3) is 0 Å². The summed E-state index contributed by atoms with van der Waals surface area (Å²) in [6.45, 7) is 12.4. The van der Waals surface area contributed by atoms with Crippen molar-refractivity contribution in [3.05, 3.63) is 23.8 Å². The van der Waals surface area contributed by atoms with Gasteiger partial charge in [-0.05, 0) is 66.3 Å². The Morgan fingerprint density at radius 2 is 1.94 bits per heavy atom. The quantitative estimate of drug-likeness (QED) is 0.369. The second-order valence-corrected chi connectivity index (χ2v) is 12.3. The number of hydrogen-bond donors (Lipinski definition) is 1. The standard InChI is InChI=1S/C28H40O5/c1-17(31)33-24-15-22-25(2,3)23(32)10-13-27(22,5)21-9-12-26(4)19(18(16-30)11-14-29)7-8-20(26)28(21,24)6/h8,10,13-14,18-19,21-22,24,30H,7,9,11-12,15-16H2,1-6H3/t18?,19-,21+,22-,24+,26-,27+,28-/m0/s1. The van der Waals surface area contributed by atoms with Crippen LogP contribution in [-0.2, 0) is 19.1 Å². The van der Waals surface area contributed by atoms with Crippen LogP contribution in [0.15, 0.2) is 23.8 Å². The molecule has 0 heterocycles. The van der Waals surface area contributed by atoms with Crippen LogP contribution in [0.2, 0.25) is 0 Å². The molecule has 33 heavy (non-hydrogen) atoms. The summed E-state index contributed by atoms with van der Waals surface area (Å²) >= 11 is 0. The van der Waals surface area contributed by atoms with Crippen molar-refractivity contribution < 1.29 is 24.2 Å². The molecule has 4 rings (SSSR count). The van der Waals surface area contributed by atoms with Crippen LogP contribution in [-0.4, -0.2) is 35.9 Å². The lowest BCUT2D eigenvalue weighted by molar-refractivity contribution is -0.188. The average molecular weight is 457 g/mol. The van der Waals surface area contributed by atoms with Gasteiger partial charge >= 0.3 is 5.97 Å². The third-order valence-corrected chi connectivity index (χ3v) is 10.5. The van der Waals surface area contributed by atoms with Crippen molar-refractivity contribution >= 4 is 18.0 Å². The highest BCUT2D eigenvalue weighted by Gasteiger charge is 2.68. The number of fused-ring (bicyclic) bond motifs is 5. The fraction of sp³-hybridized carbons (Fsp3) is 0.750. The third-order valence-electron chi connectivity index (χ3n) is 10.5. The van der Waals surface area contributed by atoms with E-state index in [0.29, 0.717) is 12.8 Å². The van der Waals surface area contributed by atoms with Gasteiger partial charge in [0.25, 0.3) is 0 Å². The molecule has 4 aliphatic carbocycles. The highest BCUT2D eigenvalue weighted by Crippen LogP contribution is 2.72. The fourth-order valence-electron chi connectivity index (χ4n) is 8.85. The third kappa shape index (κ3) is 3.25. The van der Waals surface area contributed by atoms with Gasteiger partial charge in [-0.2, -0.15) is 0 Å². The van der Waals surface area contributed by atoms with Crippen molar-refractivity contribution in [1.29, 1.82) is 0 Å². The number of allylic oxidation sites excluding steroid dienone is 3. The number of ether oxygens (including phenoxy) is 1. The molecule has 2 fully saturated rings. The molecule has 1 N–H and O–H groups in total. The van der Waals surface area contributed by atoms with Crippen molar-refractivity contribution in [2.45, 2.75) is 79.8 Å². The van der Waals surface area contributed by atoms with Gasteiger partial charge < -0.3 is 14.6 Å². The lowest BCUT2D eigenvalue weighted by Gasteiger charge is -2.66. The Morgan fingerprint density at radius 3 is 2.55 bits per heavy atom. The molecule has 4 aliphatic rings. The summed E-state index contributed by atoms with van der Waals surface area (Å²) in [7, 11) is 0. The Hall–Kier alpha value is -1.75. The molecule has 0 aliphatic heterocycles. The maximum absolute atomic E-state index is 12.9. The van der Waals surface area contributed by atoms with Gasteiger partial charge in [0.05, 0.1) is 0 Å². The molecule has 0 amide bonds. The van der Waals surface area contributed by atoms with Crippen molar-refractivity contribution in [3.63, 3.8) is 0 Å². The van der Waals surface area contributed by atoms with E-state index < -0.39 is 5.41 Å². The van der Waals surface area contributed by atoms with Crippen LogP contribution >= 0.6 is 0 Å². The molecule has 5 nitrogen and oxygen atoms in total. The predicted octanol–water partition coefficient (Wildman–Crippen LogP) is 4.68. The lowest BCUT2D eigenvalue weighted by atomic mass is 9.38. The maximum atomic E-state index is 12.9. The minimum Gasteiger partial charge on any atom is -0.462 e. The van der Waals surface area contributed by atoms with Gasteiger partial charge in [0, 0.05) is 30.8 Å². The molecule has 0 bridgehead atoms. The molecule has 0 saturated heterocycles. The van der Waals surface area contributed by atoms with Gasteiger partial charge in [-0.15, -0.1) is 0 Å². The molecule has 182 valence electrons. The van der Waals surface area contributed by atoms with E-state index in [1.54, 1.807) is 6.08 Å². The van der Waals surface area contributed by atoms with E-state index in [2.05, 4.69) is 32.9 Å². The summed E-state index contributed by atoms with van der Waals surface area (Å²) in [5, 5.41) is 10.1. The predicted molar refractivity (Wildman–Crippen MR) is 126 cm³/mol. The van der Waals surface area contributed by atoms with Gasteiger partial charge in [-0.3, -0.25) is 9.59 Å². The first kappa shape index (κ1) is 24.4. The smallest absolute Gasteiger partial charge is 0.302 e. The minimum atomic E-state index is -0.511. The number of aliphatic hydroxyl groups excluding tert-OH is 1. The molecule has 8 atom stereocenters. The summed E-state index contributed by atoms with van der Waals surface area (Å²) in [6.07, 6.45) is 10.7. The number of hydrogen-bond acceptors (Lipinski definition) is 5. The molecule has 0 spiro atoms. The van der Waals surface area contributed by atoms with Crippen LogP contribution in [0, 0.1) is 45.3 Å². The van der Waals surface area contributed by atoms with E-state index >= 15 is 0 Å². The van der Waals surface area contributed by atoms with Gasteiger partial charge in [0.2, 0.25) is 0 Å². The molecule has 5 heteroatoms. The Morgan fingerprint density at radius 1 is 1.24 bits per heavy atom. The van der Waals surface area contributed by atoms with Crippen LogP contribution < -0.4 is 0 Å². The summed E-state index contributed by atoms with van der Waals surface area (Å²) < 4.78 is 6.09. The van der Waals surface area contributed by atoms with E-state index in [1.807, 2.05) is 13.8 Å². The van der Waals surface area contributed by atoms with E-state index in [4.69, 9.17) is 4.74 Å². The Labute approximate surface area is 198 Å². The molecule has 0 aromatic heterocycles. The molecule has 1 unspecified atom stereocenters. The number of carbonyl (C=O) groups is 3. The Bertz CT molecular complexity index is 915. The zero-order valence-corrected chi connectivity index (χ0v) is 21.0. The van der Waals surface area contributed by atoms with Crippen LogP contribution in [0.3, 0.4) is 0 Å². The SMILES string of the molecule is CC(=O)O[C@@H]1C[C@H]2C(C)(C)C(=O)C=C[C@]2(C)[C@H]2CC[C@]3(C)C(=CC[C@H]3C(CO)CC=O)[C@@]21C. The second kappa shape index (κ2) is 7.90. The van der Waals surface area contributed by atoms with E-state index in [9.17, 15) is 19.5 Å². The van der Waals surface area contributed by atoms with Gasteiger partial charge in [0.15, 0.2) is 5.78 Å². The maximum Gasteiger partial charge on any atom is 0.302 e. The number of rotatable bonds is 5. The zero-order valence-electron chi connectivity index (χ0n) is 21.0. The molecule has 0 aromatic rings. The Balaban J connectivity index is 1.83. The normalized spacial score (nSPS) is 44.2. The lowest BCUT2D eigenvalue weighted by Crippen LogP contribution is -2.64. The summed E-state index contributed by atoms with van der Waals surface area (Å²) in [6, 6.07) is 0. The first-order valence-corrected chi connectivity index (χ1v) is 12.5. The van der Waals surface area contributed by atoms with Crippen LogP contribution in [0.4, 0.5) is 0 Å². The summed E-state index contributed by atoms with van der Waals surface area (Å²) in [4.78, 5) is 36.5. The van der Waals surface area contributed by atoms with Crippen molar-refractivity contribution in [2.75, 3.05) is 6.61 Å². The van der Waals surface area contributed by atoms with Crippen molar-refractivity contribution in [3.8, 4) is 0 Å². The molecule has 2 saturated carbocycles. The largest absolute Gasteiger partial charge is 0.462 e. The van der Waals surface area contributed by atoms with Gasteiger partial charge in [-0.1, -0.05) is 52.3 Å². The summed E-state index contributed by atoms with van der Waals surface area (Å²) in [5.41, 5.74) is 0.132. The number of aliphatic hydroxyl groups is 1. The second-order valence-electron chi connectivity index (χ2n) is 12.3. The molecule has 0 radical (unpaired) electrons. The minimum absolute atomic E-state index is 0.00641. The van der Waals surface area contributed by atoms with Gasteiger partial charge in [-0.25, -0.2) is 0 Å². The molecule has 0 aromatic carbocycles. The summed E-state index contributed by atoms with van der Waals surface area (Å²) in [5.74, 6) is 0.322. The van der Waals surface area contributed by atoms with Gasteiger partial charge in [0.1, 0.15) is 12.4 Å². The number of carbonyl (C=O) groups excluding carboxylic acids is 3. The first-order valence-electron chi connectivity index (χ1n) is 12.5. The first-order chi connectivity index (χ1) is 15.4. The highest BCUT2D eigenvalue weighted by molar-refractivity contribution is 5.95. The molecular weight excluding hydrogens is 416 g/mol. The Kier molecular flexibility index (Phi) is 5.83. The zero-order chi connectivity index (χ0) is 24.4. The molecular formula is C28H40O5. The number of aldehydes is 1. The fourth-order valence-corrected chi connectivity index (χ4v) is 8.85. The number of esters is 1. The van der Waals surface area contributed by atoms with Crippen molar-refractivity contribution in [2.24, 2.45) is 45.3 Å². The number of ketones is 1. The van der Waals surface area contributed by atoms with Crippen LogP contribution in [0.5, 0.6) is 0 Å². The average Bonchev–Trinajstić information content (AvgIpc) is 3.09. The van der Waals surface area contributed by atoms with E-state index in [1.165, 1.54) is 12.5 Å². The van der Waals surface area contributed by atoms with E-state index in [0.717, 1.165) is 25.5 Å². The highest BCUT2D eigenvalue weighted by atomic mass is 16.5.